The van der Waals surface area contributed by atoms with Gasteiger partial charge in [0.05, 0.1) is 11.4 Å². The lowest BCUT2D eigenvalue weighted by Crippen LogP contribution is -2.23. The molecule has 0 aliphatic rings. The Morgan fingerprint density at radius 1 is 1.28 bits per heavy atom. The number of hydrogen-bond acceptors (Lipinski definition) is 5. The van der Waals surface area contributed by atoms with Crippen molar-refractivity contribution in [1.82, 2.24) is 9.71 Å². The summed E-state index contributed by atoms with van der Waals surface area (Å²) in [6.07, 6.45) is 0. The molecule has 0 saturated heterocycles. The van der Waals surface area contributed by atoms with E-state index in [1.165, 1.54) is 24.3 Å². The number of aromatic hydroxyl groups is 1. The summed E-state index contributed by atoms with van der Waals surface area (Å²) in [7, 11) is -3.64. The van der Waals surface area contributed by atoms with Gasteiger partial charge in [-0.15, -0.1) is 0 Å². The number of rotatable bonds is 4. The number of benzene rings is 1. The van der Waals surface area contributed by atoms with Crippen molar-refractivity contribution in [2.45, 2.75) is 11.4 Å². The van der Waals surface area contributed by atoms with Crippen LogP contribution in [-0.4, -0.2) is 18.5 Å². The van der Waals surface area contributed by atoms with Gasteiger partial charge in [-0.25, -0.2) is 13.1 Å². The predicted molar refractivity (Wildman–Crippen MR) is 67.1 cm³/mol. The van der Waals surface area contributed by atoms with Crippen LogP contribution < -0.4 is 9.60 Å². The molecule has 96 valence electrons. The molecule has 1 aromatic carbocycles. The fraction of sp³-hybridized carbons (Fsp3) is 0.100. The quantitative estimate of drug-likeness (QED) is 0.767. The molecule has 0 atom stereocenters. The molecule has 0 spiro atoms. The number of H-pyrrole nitrogens is 1. The minimum Gasteiger partial charge on any atom is -0.508 e. The molecule has 0 fully saturated rings. The summed E-state index contributed by atoms with van der Waals surface area (Å²) in [6, 6.07) is 5.18. The minimum atomic E-state index is -3.64. The molecule has 6 nitrogen and oxygen atoms in total. The number of aromatic amines is 1. The zero-order valence-electron chi connectivity index (χ0n) is 9.08. The summed E-state index contributed by atoms with van der Waals surface area (Å²) in [5.41, 5.74) is 0.507. The van der Waals surface area contributed by atoms with Crippen molar-refractivity contribution in [3.8, 4) is 5.75 Å². The zero-order chi connectivity index (χ0) is 13.2. The molecule has 1 heterocycles. The van der Waals surface area contributed by atoms with Gasteiger partial charge in [-0.3, -0.25) is 4.79 Å². The molecule has 0 amide bonds. The highest BCUT2D eigenvalue weighted by atomic mass is 32.2. The Labute approximate surface area is 107 Å². The van der Waals surface area contributed by atoms with Gasteiger partial charge in [-0.1, -0.05) is 11.3 Å². The monoisotopic (exact) mass is 286 g/mol. The molecule has 3 N–H and O–H groups in total. The van der Waals surface area contributed by atoms with Gasteiger partial charge < -0.3 is 10.1 Å². The standard InChI is InChI=1S/C10H10N2O4S2/c13-8-1-3-9(4-2-8)18(15,16)11-5-7-6-17-10(14)12-7/h1-4,6,11,13H,5H2,(H,12,14). The number of thiazole rings is 1. The van der Waals surface area contributed by atoms with Gasteiger partial charge in [0.15, 0.2) is 0 Å². The smallest absolute Gasteiger partial charge is 0.304 e. The predicted octanol–water partition coefficient (Wildman–Crippen LogP) is 0.620. The number of nitrogens with one attached hydrogen (secondary N) is 2. The van der Waals surface area contributed by atoms with Gasteiger partial charge in [-0.2, -0.15) is 0 Å². The SMILES string of the molecule is O=c1[nH]c(CNS(=O)(=O)c2ccc(O)cc2)cs1. The first-order chi connectivity index (χ1) is 8.47. The van der Waals surface area contributed by atoms with Gasteiger partial charge in [0.2, 0.25) is 10.0 Å². The summed E-state index contributed by atoms with van der Waals surface area (Å²) in [5, 5.41) is 10.6. The third-order valence-electron chi connectivity index (χ3n) is 2.17. The second kappa shape index (κ2) is 4.92. The highest BCUT2D eigenvalue weighted by Gasteiger charge is 2.13. The zero-order valence-corrected chi connectivity index (χ0v) is 10.7. The van der Waals surface area contributed by atoms with E-state index in [9.17, 15) is 13.2 Å². The molecule has 18 heavy (non-hydrogen) atoms. The van der Waals surface area contributed by atoms with E-state index in [1.54, 1.807) is 5.38 Å². The second-order valence-corrected chi connectivity index (χ2v) is 6.10. The Hall–Kier alpha value is -1.64. The molecule has 8 heteroatoms. The first-order valence-electron chi connectivity index (χ1n) is 4.93. The van der Waals surface area contributed by atoms with Crippen molar-refractivity contribution in [3.63, 3.8) is 0 Å². The molecule has 2 aromatic rings. The molecule has 2 rings (SSSR count). The van der Waals surface area contributed by atoms with Crippen LogP contribution in [0.4, 0.5) is 0 Å². The molecule has 0 saturated carbocycles. The summed E-state index contributed by atoms with van der Waals surface area (Å²) in [4.78, 5) is 13.2. The number of sulfonamides is 1. The normalized spacial score (nSPS) is 11.6. The van der Waals surface area contributed by atoms with Gasteiger partial charge in [-0.05, 0) is 24.3 Å². The van der Waals surface area contributed by atoms with Crippen LogP contribution in [0.3, 0.4) is 0 Å². The average Bonchev–Trinajstić information content (AvgIpc) is 2.73. The molecule has 0 aliphatic heterocycles. The minimum absolute atomic E-state index is 0.00360. The van der Waals surface area contributed by atoms with Crippen molar-refractivity contribution < 1.29 is 13.5 Å². The van der Waals surface area contributed by atoms with E-state index in [0.717, 1.165) is 11.3 Å². The van der Waals surface area contributed by atoms with E-state index >= 15 is 0 Å². The van der Waals surface area contributed by atoms with E-state index in [1.807, 2.05) is 0 Å². The van der Waals surface area contributed by atoms with Crippen molar-refractivity contribution >= 4 is 21.4 Å². The maximum absolute atomic E-state index is 11.8. The van der Waals surface area contributed by atoms with Crippen molar-refractivity contribution in [1.29, 1.82) is 0 Å². The van der Waals surface area contributed by atoms with Gasteiger partial charge >= 0.3 is 4.87 Å². The Morgan fingerprint density at radius 3 is 2.50 bits per heavy atom. The topological polar surface area (TPSA) is 99.3 Å². The van der Waals surface area contributed by atoms with Crippen LogP contribution in [-0.2, 0) is 16.6 Å². The maximum atomic E-state index is 11.8. The Balaban J connectivity index is 2.12. The fourth-order valence-electron chi connectivity index (χ4n) is 1.28. The van der Waals surface area contributed by atoms with Crippen LogP contribution in [0.15, 0.2) is 39.3 Å². The second-order valence-electron chi connectivity index (χ2n) is 3.49. The number of hydrogen-bond donors (Lipinski definition) is 3. The van der Waals surface area contributed by atoms with Crippen LogP contribution >= 0.6 is 11.3 Å². The van der Waals surface area contributed by atoms with Crippen molar-refractivity contribution in [2.75, 3.05) is 0 Å². The summed E-state index contributed by atoms with van der Waals surface area (Å²) in [6.45, 7) is 0.0158. The highest BCUT2D eigenvalue weighted by Crippen LogP contribution is 2.14. The molecule has 0 radical (unpaired) electrons. The fourth-order valence-corrected chi connectivity index (χ4v) is 2.87. The third-order valence-corrected chi connectivity index (χ3v) is 4.31. The average molecular weight is 286 g/mol. The maximum Gasteiger partial charge on any atom is 0.304 e. The van der Waals surface area contributed by atoms with E-state index in [2.05, 4.69) is 9.71 Å². The lowest BCUT2D eigenvalue weighted by Gasteiger charge is -2.05. The highest BCUT2D eigenvalue weighted by molar-refractivity contribution is 7.89. The van der Waals surface area contributed by atoms with E-state index in [-0.39, 0.29) is 22.1 Å². The van der Waals surface area contributed by atoms with Crippen LogP contribution in [0.25, 0.3) is 0 Å². The first-order valence-corrected chi connectivity index (χ1v) is 7.29. The van der Waals surface area contributed by atoms with Crippen molar-refractivity contribution in [2.24, 2.45) is 0 Å². The Morgan fingerprint density at radius 2 is 1.94 bits per heavy atom. The van der Waals surface area contributed by atoms with Crippen molar-refractivity contribution in [3.05, 3.63) is 45.0 Å². The van der Waals surface area contributed by atoms with Crippen LogP contribution in [0.2, 0.25) is 0 Å². The van der Waals surface area contributed by atoms with E-state index in [0.29, 0.717) is 5.69 Å². The summed E-state index contributed by atoms with van der Waals surface area (Å²) >= 11 is 0.974. The number of phenolic OH excluding ortho intramolecular Hbond substituents is 1. The van der Waals surface area contributed by atoms with Gasteiger partial charge in [0.25, 0.3) is 0 Å². The Bertz CT molecular complexity index is 685. The number of phenols is 1. The molecule has 0 aliphatic carbocycles. The number of aromatic nitrogens is 1. The summed E-state index contributed by atoms with van der Waals surface area (Å²) < 4.78 is 26.0. The molecule has 0 bridgehead atoms. The molecule has 1 aromatic heterocycles. The van der Waals surface area contributed by atoms with E-state index in [4.69, 9.17) is 5.11 Å². The largest absolute Gasteiger partial charge is 0.508 e. The first kappa shape index (κ1) is 12.8. The van der Waals surface area contributed by atoms with Crippen LogP contribution in [0.1, 0.15) is 5.69 Å². The lowest BCUT2D eigenvalue weighted by molar-refractivity contribution is 0.474. The van der Waals surface area contributed by atoms with Gasteiger partial charge in [0.1, 0.15) is 5.75 Å². The van der Waals surface area contributed by atoms with Crippen LogP contribution in [0, 0.1) is 0 Å². The lowest BCUT2D eigenvalue weighted by atomic mass is 10.3. The summed E-state index contributed by atoms with van der Waals surface area (Å²) in [5.74, 6) is -0.00360. The Kier molecular flexibility index (Phi) is 3.50. The molecule has 0 unspecified atom stereocenters. The van der Waals surface area contributed by atoms with Gasteiger partial charge in [0, 0.05) is 11.1 Å². The molecular formula is C10H10N2O4S2. The van der Waals surface area contributed by atoms with E-state index < -0.39 is 10.0 Å². The van der Waals surface area contributed by atoms with Crippen LogP contribution in [0.5, 0.6) is 5.75 Å². The third kappa shape index (κ3) is 2.97. The molecular weight excluding hydrogens is 276 g/mol.